The molecule has 0 fully saturated rings. The molecule has 2 amide bonds. The Balaban J connectivity index is -0.000000330. The minimum atomic E-state index is -1.03. The summed E-state index contributed by atoms with van der Waals surface area (Å²) in [6.07, 6.45) is 10.8. The van der Waals surface area contributed by atoms with Crippen molar-refractivity contribution >= 4 is 24.1 Å². The van der Waals surface area contributed by atoms with Gasteiger partial charge >= 0.3 is 43.0 Å². The van der Waals surface area contributed by atoms with Crippen LogP contribution < -0.4 is 29.5 Å². The third kappa shape index (κ3) is 30.5. The molecule has 42 heavy (non-hydrogen) atoms. The summed E-state index contributed by atoms with van der Waals surface area (Å²) < 4.78 is 15.2. The Labute approximate surface area is 265 Å². The summed E-state index contributed by atoms with van der Waals surface area (Å²) in [5, 5.41) is 14.0. The summed E-state index contributed by atoms with van der Waals surface area (Å²) in [5.41, 5.74) is -1.22. The minimum Gasteiger partial charge on any atom is -0.870 e. The summed E-state index contributed by atoms with van der Waals surface area (Å²) in [7, 11) is 0. The second-order valence-electron chi connectivity index (χ2n) is 11.3. The average Bonchev–Trinajstić information content (AvgIpc) is 2.80. The Bertz CT molecular complexity index is 778. The molecule has 0 unspecified atom stereocenters. The van der Waals surface area contributed by atoms with Gasteiger partial charge in [-0.2, -0.15) is 0 Å². The largest absolute Gasteiger partial charge is 1.00 e. The number of nitrogens with one attached hydrogen (secondary N) is 2. The predicted octanol–water partition coefficient (Wildman–Crippen LogP) is 3.51. The molecule has 0 aliphatic carbocycles. The molecule has 0 bridgehead atoms. The van der Waals surface area contributed by atoms with Crippen LogP contribution in [0.15, 0.2) is 25.3 Å². The predicted molar refractivity (Wildman–Crippen MR) is 159 cm³/mol. The zero-order valence-corrected chi connectivity index (χ0v) is 27.3. The quantitative estimate of drug-likeness (QED) is 0.0749. The van der Waals surface area contributed by atoms with E-state index in [4.69, 9.17) is 19.3 Å². The SMILES string of the molecule is C=CCCCCC[C@@H](NC(=O)OC(C)(C)C)C(=O)O.C=CCCCCC[C@H](NC(=O)OC(C)(C)C)C(=O)OCC.[Li+].[OH-]. The van der Waals surface area contributed by atoms with Crippen molar-refractivity contribution in [1.82, 2.24) is 10.6 Å². The molecular formula is C30H55LiN2O9. The average molecular weight is 595 g/mol. The van der Waals surface area contributed by atoms with Crippen LogP contribution in [0.25, 0.3) is 0 Å². The molecule has 0 aromatic carbocycles. The Hall–Kier alpha value is -2.48. The van der Waals surface area contributed by atoms with Crippen LogP contribution in [0.4, 0.5) is 9.59 Å². The maximum Gasteiger partial charge on any atom is 1.00 e. The van der Waals surface area contributed by atoms with Crippen molar-refractivity contribution < 1.29 is 62.8 Å². The third-order valence-corrected chi connectivity index (χ3v) is 5.05. The molecule has 0 spiro atoms. The number of carbonyl (C=O) groups is 4. The van der Waals surface area contributed by atoms with E-state index in [0.717, 1.165) is 51.4 Å². The van der Waals surface area contributed by atoms with Gasteiger partial charge in [0.2, 0.25) is 0 Å². The van der Waals surface area contributed by atoms with Crippen molar-refractivity contribution in [3.63, 3.8) is 0 Å². The summed E-state index contributed by atoms with van der Waals surface area (Å²) >= 11 is 0. The minimum absolute atomic E-state index is 0. The standard InChI is InChI=1S/C16H29NO4.C14H25NO4.Li.H2O/c1-6-8-9-10-11-12-13(14(18)20-7-2)17-15(19)21-16(3,4)5;1-5-6-7-8-9-10-11(12(16)17)15-13(18)19-14(2,3)4;;/h6,13H,1,7-12H2,2-5H3,(H,17,19);5,11H,1,6-10H2,2-4H3,(H,15,18)(H,16,17);;1H2/q;;+1;/p-1/t13-;11-;;/m01../s1. The van der Waals surface area contributed by atoms with E-state index in [1.165, 1.54) is 0 Å². The fraction of sp³-hybridized carbons (Fsp3) is 0.733. The first kappa shape index (κ1) is 46.5. The first-order chi connectivity index (χ1) is 18.6. The van der Waals surface area contributed by atoms with E-state index in [0.29, 0.717) is 19.4 Å². The second-order valence-corrected chi connectivity index (χ2v) is 11.3. The van der Waals surface area contributed by atoms with E-state index in [1.54, 1.807) is 48.5 Å². The molecule has 2 atom stereocenters. The second kappa shape index (κ2) is 26.2. The smallest absolute Gasteiger partial charge is 0.870 e. The van der Waals surface area contributed by atoms with Crippen LogP contribution in [0, 0.1) is 0 Å². The van der Waals surface area contributed by atoms with Gasteiger partial charge in [0.15, 0.2) is 0 Å². The van der Waals surface area contributed by atoms with Gasteiger partial charge in [-0.3, -0.25) is 0 Å². The number of amides is 2. The van der Waals surface area contributed by atoms with Crippen LogP contribution in [0.3, 0.4) is 0 Å². The van der Waals surface area contributed by atoms with Crippen molar-refractivity contribution in [2.75, 3.05) is 6.61 Å². The number of unbranched alkanes of at least 4 members (excludes halogenated alkanes) is 6. The third-order valence-electron chi connectivity index (χ3n) is 5.05. The van der Waals surface area contributed by atoms with Crippen LogP contribution in [0.1, 0.15) is 113 Å². The molecule has 0 saturated heterocycles. The van der Waals surface area contributed by atoms with Crippen molar-refractivity contribution in [1.29, 1.82) is 0 Å². The van der Waals surface area contributed by atoms with Crippen LogP contribution in [-0.2, 0) is 23.8 Å². The van der Waals surface area contributed by atoms with Gasteiger partial charge < -0.3 is 35.4 Å². The van der Waals surface area contributed by atoms with E-state index >= 15 is 0 Å². The van der Waals surface area contributed by atoms with Gasteiger partial charge in [-0.05, 0) is 87.0 Å². The molecule has 0 radical (unpaired) electrons. The van der Waals surface area contributed by atoms with E-state index < -0.39 is 47.4 Å². The number of hydrogen-bond acceptors (Lipinski definition) is 8. The normalized spacial score (nSPS) is 11.9. The number of rotatable bonds is 17. The number of hydrogen-bond donors (Lipinski definition) is 3. The Morgan fingerprint density at radius 1 is 0.738 bits per heavy atom. The van der Waals surface area contributed by atoms with Gasteiger partial charge in [0, 0.05) is 0 Å². The summed E-state index contributed by atoms with van der Waals surface area (Å²) in [4.78, 5) is 46.1. The Morgan fingerprint density at radius 3 is 1.45 bits per heavy atom. The summed E-state index contributed by atoms with van der Waals surface area (Å²) in [6, 6.07) is -1.54. The molecule has 0 heterocycles. The topological polar surface area (TPSA) is 170 Å². The molecule has 4 N–H and O–H groups in total. The summed E-state index contributed by atoms with van der Waals surface area (Å²) in [6.45, 7) is 19.9. The molecule has 0 rings (SSSR count). The number of aliphatic carboxylic acids is 1. The number of esters is 1. The van der Waals surface area contributed by atoms with E-state index in [1.807, 2.05) is 12.2 Å². The van der Waals surface area contributed by atoms with Crippen molar-refractivity contribution in [2.45, 2.75) is 136 Å². The number of ether oxygens (including phenoxy) is 3. The fourth-order valence-corrected chi connectivity index (χ4v) is 3.28. The Morgan fingerprint density at radius 2 is 1.12 bits per heavy atom. The van der Waals surface area contributed by atoms with Crippen molar-refractivity contribution in [3.8, 4) is 0 Å². The van der Waals surface area contributed by atoms with Gasteiger partial charge in [-0.15, -0.1) is 13.2 Å². The number of carboxylic acid groups (broad SMARTS) is 1. The maximum absolute atomic E-state index is 11.9. The monoisotopic (exact) mass is 594 g/mol. The van der Waals surface area contributed by atoms with Crippen LogP contribution >= 0.6 is 0 Å². The van der Waals surface area contributed by atoms with Crippen molar-refractivity contribution in [2.24, 2.45) is 0 Å². The molecule has 240 valence electrons. The van der Waals surface area contributed by atoms with Gasteiger partial charge in [0.25, 0.3) is 0 Å². The van der Waals surface area contributed by atoms with E-state index in [2.05, 4.69) is 23.8 Å². The van der Waals surface area contributed by atoms with E-state index in [-0.39, 0.29) is 24.3 Å². The summed E-state index contributed by atoms with van der Waals surface area (Å²) in [5.74, 6) is -1.44. The van der Waals surface area contributed by atoms with Gasteiger partial charge in [0.1, 0.15) is 23.3 Å². The molecule has 12 heteroatoms. The zero-order valence-electron chi connectivity index (χ0n) is 27.3. The fourth-order valence-electron chi connectivity index (χ4n) is 3.28. The maximum atomic E-state index is 11.9. The molecule has 11 nitrogen and oxygen atoms in total. The molecule has 0 aromatic rings. The van der Waals surface area contributed by atoms with E-state index in [9.17, 15) is 19.2 Å². The van der Waals surface area contributed by atoms with Crippen LogP contribution in [0.2, 0.25) is 0 Å². The number of carbonyl (C=O) groups excluding carboxylic acids is 3. The van der Waals surface area contributed by atoms with Crippen molar-refractivity contribution in [3.05, 3.63) is 25.3 Å². The van der Waals surface area contributed by atoms with Gasteiger partial charge in [0.05, 0.1) is 6.61 Å². The Kier molecular flexibility index (Phi) is 29.0. The van der Waals surface area contributed by atoms with Gasteiger partial charge in [-0.1, -0.05) is 37.8 Å². The number of carboxylic acids is 1. The number of allylic oxidation sites excluding steroid dienone is 2. The van der Waals surface area contributed by atoms with Crippen LogP contribution in [0.5, 0.6) is 0 Å². The van der Waals surface area contributed by atoms with Crippen LogP contribution in [-0.4, -0.2) is 64.6 Å². The molecule has 0 aliphatic rings. The molecule has 0 aliphatic heterocycles. The number of alkyl carbamates (subject to hydrolysis) is 2. The molecule has 0 aromatic heterocycles. The zero-order chi connectivity index (χ0) is 31.2. The molecular weight excluding hydrogens is 539 g/mol. The first-order valence-corrected chi connectivity index (χ1v) is 14.2. The molecule has 0 saturated carbocycles. The first-order valence-electron chi connectivity index (χ1n) is 14.2. The van der Waals surface area contributed by atoms with Gasteiger partial charge in [-0.25, -0.2) is 19.2 Å².